The molecule has 138 valence electrons. The Balaban J connectivity index is 1.88. The first kappa shape index (κ1) is 19.4. The lowest BCUT2D eigenvalue weighted by atomic mass is 9.91. The summed E-state index contributed by atoms with van der Waals surface area (Å²) in [7, 11) is 1.77. The van der Waals surface area contributed by atoms with E-state index in [1.54, 1.807) is 11.9 Å². The van der Waals surface area contributed by atoms with Gasteiger partial charge in [0.25, 0.3) is 0 Å². The molecule has 0 bridgehead atoms. The van der Waals surface area contributed by atoms with E-state index in [1.807, 2.05) is 11.8 Å². The van der Waals surface area contributed by atoms with Crippen LogP contribution in [0.4, 0.5) is 10.1 Å². The monoisotopic (exact) mass is 349 g/mol. The van der Waals surface area contributed by atoms with Crippen LogP contribution in [-0.4, -0.2) is 54.3 Å². The molecule has 1 aliphatic rings. The van der Waals surface area contributed by atoms with E-state index in [-0.39, 0.29) is 30.2 Å². The van der Waals surface area contributed by atoms with Gasteiger partial charge in [0.05, 0.1) is 12.6 Å². The summed E-state index contributed by atoms with van der Waals surface area (Å²) in [6.45, 7) is 7.83. The zero-order chi connectivity index (χ0) is 18.6. The first-order chi connectivity index (χ1) is 11.8. The lowest BCUT2D eigenvalue weighted by molar-refractivity contribution is -0.139. The Morgan fingerprint density at radius 2 is 1.80 bits per heavy atom. The summed E-state index contributed by atoms with van der Waals surface area (Å²) >= 11 is 0. The van der Waals surface area contributed by atoms with Crippen LogP contribution >= 0.6 is 0 Å². The number of carbonyl (C=O) groups excluding carboxylic acids is 2. The number of piperidine rings is 1. The van der Waals surface area contributed by atoms with Crippen LogP contribution in [0.25, 0.3) is 0 Å². The molecule has 6 heteroatoms. The molecule has 1 N–H and O–H groups in total. The summed E-state index contributed by atoms with van der Waals surface area (Å²) in [6, 6.07) is 5.25. The maximum Gasteiger partial charge on any atom is 0.239 e. The standard InChI is InChI=1S/C19H28FN3O2/c1-13-9-14(2)11-23(10-13)19(25)15(3)22(4)12-18(24)21-17-7-5-16(20)6-8-17/h5-8,13-15H,9-12H2,1-4H3,(H,21,24)/t13-,14+,15-/m0/s1. The fourth-order valence-electron chi connectivity index (χ4n) is 3.39. The highest BCUT2D eigenvalue weighted by Crippen LogP contribution is 2.22. The third-order valence-corrected chi connectivity index (χ3v) is 4.72. The van der Waals surface area contributed by atoms with Gasteiger partial charge < -0.3 is 10.2 Å². The number of amides is 2. The molecular weight excluding hydrogens is 321 g/mol. The van der Waals surface area contributed by atoms with Crippen molar-refractivity contribution in [1.29, 1.82) is 0 Å². The lowest BCUT2D eigenvalue weighted by Crippen LogP contribution is -2.51. The fourth-order valence-corrected chi connectivity index (χ4v) is 3.39. The molecule has 2 amide bonds. The van der Waals surface area contributed by atoms with Gasteiger partial charge in [-0.25, -0.2) is 4.39 Å². The Morgan fingerprint density at radius 3 is 2.36 bits per heavy atom. The average molecular weight is 349 g/mol. The molecular formula is C19H28FN3O2. The van der Waals surface area contributed by atoms with E-state index in [0.717, 1.165) is 19.5 Å². The van der Waals surface area contributed by atoms with Crippen LogP contribution in [0.3, 0.4) is 0 Å². The van der Waals surface area contributed by atoms with Crippen LogP contribution in [0.15, 0.2) is 24.3 Å². The summed E-state index contributed by atoms with van der Waals surface area (Å²) in [5.74, 6) is 0.503. The number of rotatable bonds is 5. The fraction of sp³-hybridized carbons (Fsp3) is 0.579. The smallest absolute Gasteiger partial charge is 0.239 e. The lowest BCUT2D eigenvalue weighted by Gasteiger charge is -2.38. The van der Waals surface area contributed by atoms with Gasteiger partial charge in [-0.3, -0.25) is 14.5 Å². The molecule has 3 atom stereocenters. The maximum absolute atomic E-state index is 12.9. The first-order valence-electron chi connectivity index (χ1n) is 8.80. The van der Waals surface area contributed by atoms with Crippen molar-refractivity contribution in [1.82, 2.24) is 9.80 Å². The van der Waals surface area contributed by atoms with Crippen LogP contribution in [-0.2, 0) is 9.59 Å². The van der Waals surface area contributed by atoms with Gasteiger partial charge in [0, 0.05) is 18.8 Å². The molecule has 1 saturated heterocycles. The van der Waals surface area contributed by atoms with Crippen molar-refractivity contribution in [3.63, 3.8) is 0 Å². The predicted molar refractivity (Wildman–Crippen MR) is 96.6 cm³/mol. The average Bonchev–Trinajstić information content (AvgIpc) is 2.54. The van der Waals surface area contributed by atoms with Crippen LogP contribution in [0.5, 0.6) is 0 Å². The van der Waals surface area contributed by atoms with Gasteiger partial charge in [0.1, 0.15) is 5.82 Å². The molecule has 5 nitrogen and oxygen atoms in total. The number of halogens is 1. The molecule has 1 aromatic carbocycles. The van der Waals surface area contributed by atoms with Crippen LogP contribution in [0.2, 0.25) is 0 Å². The summed E-state index contributed by atoms with van der Waals surface area (Å²) in [5.41, 5.74) is 0.539. The zero-order valence-corrected chi connectivity index (χ0v) is 15.5. The summed E-state index contributed by atoms with van der Waals surface area (Å²) in [5, 5.41) is 2.72. The first-order valence-corrected chi connectivity index (χ1v) is 8.80. The Labute approximate surface area is 149 Å². The number of nitrogens with zero attached hydrogens (tertiary/aromatic N) is 2. The molecule has 0 spiro atoms. The number of hydrogen-bond acceptors (Lipinski definition) is 3. The molecule has 1 aromatic rings. The van der Waals surface area contributed by atoms with Crippen molar-refractivity contribution in [2.45, 2.75) is 33.2 Å². The minimum atomic E-state index is -0.364. The molecule has 1 heterocycles. The van der Waals surface area contributed by atoms with Crippen molar-refractivity contribution in [2.75, 3.05) is 32.0 Å². The predicted octanol–water partition coefficient (Wildman–Crippen LogP) is 2.59. The van der Waals surface area contributed by atoms with E-state index in [9.17, 15) is 14.0 Å². The van der Waals surface area contributed by atoms with E-state index < -0.39 is 0 Å². The van der Waals surface area contributed by atoms with Gasteiger partial charge in [-0.05, 0) is 56.5 Å². The molecule has 0 saturated carbocycles. The number of nitrogens with one attached hydrogen (secondary N) is 1. The highest BCUT2D eigenvalue weighted by atomic mass is 19.1. The number of hydrogen-bond donors (Lipinski definition) is 1. The SMILES string of the molecule is C[C@@H]1C[C@H](C)CN(C(=O)[C@H](C)N(C)CC(=O)Nc2ccc(F)cc2)C1. The van der Waals surface area contributed by atoms with Gasteiger partial charge in [-0.2, -0.15) is 0 Å². The van der Waals surface area contributed by atoms with Gasteiger partial charge >= 0.3 is 0 Å². The highest BCUT2D eigenvalue weighted by Gasteiger charge is 2.30. The number of anilines is 1. The molecule has 2 rings (SSSR count). The van der Waals surface area contributed by atoms with Crippen molar-refractivity contribution < 1.29 is 14.0 Å². The van der Waals surface area contributed by atoms with Crippen LogP contribution < -0.4 is 5.32 Å². The van der Waals surface area contributed by atoms with Crippen molar-refractivity contribution in [3.05, 3.63) is 30.1 Å². The van der Waals surface area contributed by atoms with Gasteiger partial charge in [-0.1, -0.05) is 13.8 Å². The quantitative estimate of drug-likeness (QED) is 0.889. The summed E-state index contributed by atoms with van der Waals surface area (Å²) in [4.78, 5) is 28.5. The van der Waals surface area contributed by atoms with E-state index in [4.69, 9.17) is 0 Å². The second-order valence-electron chi connectivity index (χ2n) is 7.34. The number of likely N-dealkylation sites (N-methyl/N-ethyl adjacent to an activating group) is 1. The number of likely N-dealkylation sites (tertiary alicyclic amines) is 1. The number of carbonyl (C=O) groups is 2. The van der Waals surface area contributed by atoms with E-state index in [0.29, 0.717) is 17.5 Å². The summed E-state index contributed by atoms with van der Waals surface area (Å²) < 4.78 is 12.9. The van der Waals surface area contributed by atoms with Crippen molar-refractivity contribution in [2.24, 2.45) is 11.8 Å². The Hall–Kier alpha value is -1.95. The Morgan fingerprint density at radius 1 is 1.24 bits per heavy atom. The van der Waals surface area contributed by atoms with E-state index in [2.05, 4.69) is 19.2 Å². The molecule has 0 radical (unpaired) electrons. The third-order valence-electron chi connectivity index (χ3n) is 4.72. The van der Waals surface area contributed by atoms with Gasteiger partial charge in [0.15, 0.2) is 0 Å². The highest BCUT2D eigenvalue weighted by molar-refractivity contribution is 5.92. The molecule has 0 aliphatic carbocycles. The van der Waals surface area contributed by atoms with E-state index >= 15 is 0 Å². The van der Waals surface area contributed by atoms with Crippen LogP contribution in [0, 0.1) is 17.7 Å². The van der Waals surface area contributed by atoms with E-state index in [1.165, 1.54) is 24.3 Å². The van der Waals surface area contributed by atoms with Crippen molar-refractivity contribution in [3.8, 4) is 0 Å². The second-order valence-corrected chi connectivity index (χ2v) is 7.34. The molecule has 1 fully saturated rings. The molecule has 0 aromatic heterocycles. The maximum atomic E-state index is 12.9. The van der Waals surface area contributed by atoms with Gasteiger partial charge in [0.2, 0.25) is 11.8 Å². The zero-order valence-electron chi connectivity index (χ0n) is 15.5. The minimum Gasteiger partial charge on any atom is -0.341 e. The normalized spacial score (nSPS) is 21.9. The van der Waals surface area contributed by atoms with Crippen molar-refractivity contribution >= 4 is 17.5 Å². The number of benzene rings is 1. The molecule has 25 heavy (non-hydrogen) atoms. The molecule has 1 aliphatic heterocycles. The summed E-state index contributed by atoms with van der Waals surface area (Å²) in [6.07, 6.45) is 1.15. The molecule has 0 unspecified atom stereocenters. The Kier molecular flexibility index (Phi) is 6.53. The second kappa shape index (κ2) is 8.43. The minimum absolute atomic E-state index is 0.0653. The largest absolute Gasteiger partial charge is 0.341 e. The Bertz CT molecular complexity index is 595. The van der Waals surface area contributed by atoms with Crippen LogP contribution in [0.1, 0.15) is 27.2 Å². The topological polar surface area (TPSA) is 52.7 Å². The van der Waals surface area contributed by atoms with Gasteiger partial charge in [-0.15, -0.1) is 0 Å². The third kappa shape index (κ3) is 5.53.